The molecule has 2 aromatic carbocycles. The largest absolute Gasteiger partial charge is 0.350 e. The van der Waals surface area contributed by atoms with E-state index in [1.807, 2.05) is 19.0 Å². The fourth-order valence-corrected chi connectivity index (χ4v) is 6.61. The molecular formula is C21H26FN3O5S2. The van der Waals surface area contributed by atoms with Crippen molar-refractivity contribution in [2.24, 2.45) is 0 Å². The Morgan fingerprint density at radius 2 is 1.88 bits per heavy atom. The van der Waals surface area contributed by atoms with Gasteiger partial charge in [0.05, 0.1) is 22.4 Å². The van der Waals surface area contributed by atoms with E-state index >= 15 is 0 Å². The highest BCUT2D eigenvalue weighted by atomic mass is 32.2. The molecule has 0 spiro atoms. The molecule has 2 atom stereocenters. The van der Waals surface area contributed by atoms with Crippen LogP contribution in [0.5, 0.6) is 0 Å². The summed E-state index contributed by atoms with van der Waals surface area (Å²) in [6.07, 6.45) is 0.237. The summed E-state index contributed by atoms with van der Waals surface area (Å²) in [5.41, 5.74) is 0.987. The molecule has 11 heteroatoms. The second-order valence-electron chi connectivity index (χ2n) is 7.99. The maximum absolute atomic E-state index is 13.6. The monoisotopic (exact) mass is 483 g/mol. The third-order valence-corrected chi connectivity index (χ3v) is 8.60. The number of carbonyl (C=O) groups is 1. The first kappa shape index (κ1) is 24.3. The first-order valence-corrected chi connectivity index (χ1v) is 13.3. The molecule has 1 saturated heterocycles. The number of amides is 1. The fraction of sp³-hybridized carbons (Fsp3) is 0.381. The Morgan fingerprint density at radius 3 is 2.44 bits per heavy atom. The minimum Gasteiger partial charge on any atom is -0.350 e. The van der Waals surface area contributed by atoms with E-state index in [2.05, 4.69) is 10.0 Å². The number of nitrogens with one attached hydrogen (secondary N) is 2. The van der Waals surface area contributed by atoms with Gasteiger partial charge in [0.15, 0.2) is 9.84 Å². The van der Waals surface area contributed by atoms with Gasteiger partial charge in [0.1, 0.15) is 5.82 Å². The molecule has 0 radical (unpaired) electrons. The topological polar surface area (TPSA) is 113 Å². The van der Waals surface area contributed by atoms with E-state index in [-0.39, 0.29) is 46.8 Å². The van der Waals surface area contributed by atoms with Gasteiger partial charge in [-0.1, -0.05) is 12.1 Å². The molecule has 3 rings (SSSR count). The van der Waals surface area contributed by atoms with E-state index in [4.69, 9.17) is 0 Å². The van der Waals surface area contributed by atoms with Gasteiger partial charge in [-0.3, -0.25) is 4.79 Å². The van der Waals surface area contributed by atoms with E-state index in [9.17, 15) is 26.0 Å². The van der Waals surface area contributed by atoms with Crippen LogP contribution in [-0.4, -0.2) is 65.8 Å². The summed E-state index contributed by atoms with van der Waals surface area (Å²) in [6, 6.07) is 10.6. The van der Waals surface area contributed by atoms with Crippen molar-refractivity contribution in [2.45, 2.75) is 23.4 Å². The summed E-state index contributed by atoms with van der Waals surface area (Å²) in [7, 11) is -3.47. The number of hydrogen-bond acceptors (Lipinski definition) is 6. The van der Waals surface area contributed by atoms with Gasteiger partial charge in [0, 0.05) is 18.2 Å². The molecule has 2 aromatic rings. The molecule has 0 aromatic heterocycles. The maximum Gasteiger partial charge on any atom is 0.251 e. The summed E-state index contributed by atoms with van der Waals surface area (Å²) in [5, 5.41) is 2.79. The summed E-state index contributed by atoms with van der Waals surface area (Å²) in [4.78, 5) is 14.4. The van der Waals surface area contributed by atoms with Gasteiger partial charge < -0.3 is 10.2 Å². The maximum atomic E-state index is 13.6. The third-order valence-electron chi connectivity index (χ3n) is 5.29. The second-order valence-corrected chi connectivity index (χ2v) is 11.9. The van der Waals surface area contributed by atoms with Gasteiger partial charge in [0.2, 0.25) is 10.0 Å². The molecule has 0 unspecified atom stereocenters. The van der Waals surface area contributed by atoms with Crippen LogP contribution in [0.1, 0.15) is 28.4 Å². The molecule has 2 N–H and O–H groups in total. The molecule has 0 aliphatic carbocycles. The first-order chi connectivity index (χ1) is 15.0. The number of halogens is 1. The number of benzene rings is 2. The summed E-state index contributed by atoms with van der Waals surface area (Å²) in [6.45, 7) is 0.229. The van der Waals surface area contributed by atoms with Gasteiger partial charge in [0.25, 0.3) is 5.91 Å². The summed E-state index contributed by atoms with van der Waals surface area (Å²) in [5.74, 6) is -1.01. The van der Waals surface area contributed by atoms with Gasteiger partial charge in [-0.15, -0.1) is 0 Å². The number of rotatable bonds is 8. The van der Waals surface area contributed by atoms with Crippen molar-refractivity contribution in [3.8, 4) is 0 Å². The zero-order valence-corrected chi connectivity index (χ0v) is 19.4. The molecule has 1 heterocycles. The molecule has 8 nitrogen and oxygen atoms in total. The van der Waals surface area contributed by atoms with Crippen molar-refractivity contribution >= 4 is 25.8 Å². The Kier molecular flexibility index (Phi) is 7.33. The Labute approximate surface area is 187 Å². The first-order valence-electron chi connectivity index (χ1n) is 10.00. The lowest BCUT2D eigenvalue weighted by atomic mass is 10.1. The zero-order valence-electron chi connectivity index (χ0n) is 17.8. The van der Waals surface area contributed by atoms with Gasteiger partial charge in [-0.25, -0.2) is 25.9 Å². The smallest absolute Gasteiger partial charge is 0.251 e. The molecule has 174 valence electrons. The highest BCUT2D eigenvalue weighted by Crippen LogP contribution is 2.19. The average molecular weight is 484 g/mol. The Balaban J connectivity index is 1.64. The van der Waals surface area contributed by atoms with Crippen molar-refractivity contribution in [1.82, 2.24) is 14.9 Å². The lowest BCUT2D eigenvalue weighted by Crippen LogP contribution is -2.36. The Morgan fingerprint density at radius 1 is 1.19 bits per heavy atom. The third kappa shape index (κ3) is 6.12. The van der Waals surface area contributed by atoms with Crippen LogP contribution < -0.4 is 10.0 Å². The van der Waals surface area contributed by atoms with Gasteiger partial charge in [-0.05, 0) is 62.5 Å². The average Bonchev–Trinajstić information content (AvgIpc) is 3.05. The summed E-state index contributed by atoms with van der Waals surface area (Å²) >= 11 is 0. The van der Waals surface area contributed by atoms with E-state index in [0.29, 0.717) is 0 Å². The normalized spacial score (nSPS) is 19.1. The van der Waals surface area contributed by atoms with Crippen molar-refractivity contribution in [1.29, 1.82) is 0 Å². The van der Waals surface area contributed by atoms with Crippen LogP contribution in [0.15, 0.2) is 53.4 Å². The minimum atomic E-state index is -3.90. The number of carbonyl (C=O) groups excluding carboxylic acids is 1. The Bertz CT molecular complexity index is 1180. The number of likely N-dealkylation sites (N-methyl/N-ethyl adjacent to an activating group) is 1. The predicted octanol–water partition coefficient (Wildman–Crippen LogP) is 1.32. The molecular weight excluding hydrogens is 457 g/mol. The number of hydrogen-bond donors (Lipinski definition) is 2. The van der Waals surface area contributed by atoms with Crippen LogP contribution in [0.3, 0.4) is 0 Å². The van der Waals surface area contributed by atoms with Crippen LogP contribution in [-0.2, 0) is 19.9 Å². The van der Waals surface area contributed by atoms with Gasteiger partial charge in [-0.2, -0.15) is 0 Å². The Hall–Kier alpha value is -2.34. The molecule has 0 saturated carbocycles. The second kappa shape index (κ2) is 9.65. The standard InChI is InChI=1S/C21H26FN3O5S2/c1-25(2)20(16-4-3-5-17(22)12-16)13-23-21(26)15-6-8-19(9-7-15)32(29,30)24-18-10-11-31(27,28)14-18/h3-9,12,18,20,24H,10-11,13-14H2,1-2H3,(H,23,26)/t18-,20+/m0/s1. The van der Waals surface area contributed by atoms with E-state index in [0.717, 1.165) is 5.56 Å². The lowest BCUT2D eigenvalue weighted by molar-refractivity contribution is 0.0941. The van der Waals surface area contributed by atoms with E-state index in [1.165, 1.54) is 36.4 Å². The molecule has 1 fully saturated rings. The van der Waals surface area contributed by atoms with Crippen molar-refractivity contribution in [2.75, 3.05) is 32.1 Å². The van der Waals surface area contributed by atoms with Gasteiger partial charge >= 0.3 is 0 Å². The molecule has 1 aliphatic rings. The zero-order chi connectivity index (χ0) is 23.5. The minimum absolute atomic E-state index is 0.0388. The quantitative estimate of drug-likeness (QED) is 0.586. The van der Waals surface area contributed by atoms with Crippen LogP contribution in [0.4, 0.5) is 4.39 Å². The highest BCUT2D eigenvalue weighted by Gasteiger charge is 2.31. The fourth-order valence-electron chi connectivity index (χ4n) is 3.56. The molecule has 32 heavy (non-hydrogen) atoms. The van der Waals surface area contributed by atoms with E-state index in [1.54, 1.807) is 12.1 Å². The predicted molar refractivity (Wildman–Crippen MR) is 119 cm³/mol. The number of sulfone groups is 1. The van der Waals surface area contributed by atoms with Crippen LogP contribution in [0.25, 0.3) is 0 Å². The highest BCUT2D eigenvalue weighted by molar-refractivity contribution is 7.92. The van der Waals surface area contributed by atoms with Crippen LogP contribution in [0, 0.1) is 5.82 Å². The molecule has 1 amide bonds. The van der Waals surface area contributed by atoms with E-state index < -0.39 is 31.8 Å². The number of sulfonamides is 1. The number of nitrogens with zero attached hydrogens (tertiary/aromatic N) is 1. The SMILES string of the molecule is CN(C)[C@H](CNC(=O)c1ccc(S(=O)(=O)N[C@H]2CCS(=O)(=O)C2)cc1)c1cccc(F)c1. The van der Waals surface area contributed by atoms with Crippen molar-refractivity contribution < 1.29 is 26.0 Å². The molecule has 1 aliphatic heterocycles. The summed E-state index contributed by atoms with van der Waals surface area (Å²) < 4.78 is 64.1. The molecule has 0 bridgehead atoms. The van der Waals surface area contributed by atoms with Crippen molar-refractivity contribution in [3.05, 3.63) is 65.5 Å². The van der Waals surface area contributed by atoms with Crippen LogP contribution in [0.2, 0.25) is 0 Å². The van der Waals surface area contributed by atoms with Crippen LogP contribution >= 0.6 is 0 Å². The van der Waals surface area contributed by atoms with Crippen molar-refractivity contribution in [3.63, 3.8) is 0 Å². The lowest BCUT2D eigenvalue weighted by Gasteiger charge is -2.25.